The lowest BCUT2D eigenvalue weighted by molar-refractivity contribution is 0.0779. The Morgan fingerprint density at radius 2 is 2.05 bits per heavy atom. The maximum atomic E-state index is 12.4. The zero-order chi connectivity index (χ0) is 14.8. The van der Waals surface area contributed by atoms with Crippen molar-refractivity contribution < 1.29 is 4.79 Å². The van der Waals surface area contributed by atoms with Gasteiger partial charge >= 0.3 is 0 Å². The quantitative estimate of drug-likeness (QED) is 0.739. The van der Waals surface area contributed by atoms with Crippen LogP contribution in [0.1, 0.15) is 16.1 Å². The first-order chi connectivity index (χ1) is 10.1. The van der Waals surface area contributed by atoms with E-state index in [1.165, 1.54) is 0 Å². The molecule has 0 fully saturated rings. The summed E-state index contributed by atoms with van der Waals surface area (Å²) in [5.74, 6) is -0.0930. The molecule has 1 amide bonds. The molecule has 1 aromatic carbocycles. The average molecular weight is 280 g/mol. The number of carbonyl (C=O) groups is 1. The minimum Gasteiger partial charge on any atom is -0.336 e. The number of nitrogens with zero attached hydrogens (tertiary/aromatic N) is 4. The Morgan fingerprint density at radius 1 is 1.24 bits per heavy atom. The molecule has 0 spiro atoms. The zero-order valence-electron chi connectivity index (χ0n) is 12.0. The van der Waals surface area contributed by atoms with Crippen LogP contribution in [0.2, 0.25) is 0 Å². The van der Waals surface area contributed by atoms with Crippen LogP contribution >= 0.6 is 0 Å². The SMILES string of the molecule is CN(Cc1cnn(C)c1)C(=O)c1ccc2ccccc2n1. The van der Waals surface area contributed by atoms with Gasteiger partial charge in [-0.2, -0.15) is 5.10 Å². The molecule has 0 aliphatic rings. The van der Waals surface area contributed by atoms with Crippen LogP contribution in [0.3, 0.4) is 0 Å². The summed E-state index contributed by atoms with van der Waals surface area (Å²) >= 11 is 0. The number of carbonyl (C=O) groups excluding carboxylic acids is 1. The lowest BCUT2D eigenvalue weighted by Gasteiger charge is -2.15. The van der Waals surface area contributed by atoms with Gasteiger partial charge in [-0.1, -0.05) is 24.3 Å². The van der Waals surface area contributed by atoms with Gasteiger partial charge in [-0.25, -0.2) is 4.98 Å². The molecule has 106 valence electrons. The smallest absolute Gasteiger partial charge is 0.272 e. The Kier molecular flexibility index (Phi) is 3.39. The number of hydrogen-bond donors (Lipinski definition) is 0. The van der Waals surface area contributed by atoms with Gasteiger partial charge in [0, 0.05) is 37.8 Å². The van der Waals surface area contributed by atoms with Gasteiger partial charge in [-0.15, -0.1) is 0 Å². The fourth-order valence-corrected chi connectivity index (χ4v) is 2.28. The van der Waals surface area contributed by atoms with Crippen LogP contribution in [0, 0.1) is 0 Å². The Bertz CT molecular complexity index is 794. The van der Waals surface area contributed by atoms with Crippen LogP contribution in [0.4, 0.5) is 0 Å². The Hall–Kier alpha value is -2.69. The van der Waals surface area contributed by atoms with E-state index in [1.54, 1.807) is 28.9 Å². The lowest BCUT2D eigenvalue weighted by Crippen LogP contribution is -2.26. The maximum absolute atomic E-state index is 12.4. The van der Waals surface area contributed by atoms with Crippen molar-refractivity contribution in [1.82, 2.24) is 19.7 Å². The van der Waals surface area contributed by atoms with Gasteiger partial charge in [0.2, 0.25) is 0 Å². The summed E-state index contributed by atoms with van der Waals surface area (Å²) in [7, 11) is 3.63. The minimum absolute atomic E-state index is 0.0930. The van der Waals surface area contributed by atoms with Crippen molar-refractivity contribution in [3.8, 4) is 0 Å². The molecule has 0 unspecified atom stereocenters. The first kappa shape index (κ1) is 13.3. The highest BCUT2D eigenvalue weighted by Crippen LogP contribution is 2.13. The standard InChI is InChI=1S/C16H16N4O/c1-19(10-12-9-17-20(2)11-12)16(21)15-8-7-13-5-3-4-6-14(13)18-15/h3-9,11H,10H2,1-2H3. The summed E-state index contributed by atoms with van der Waals surface area (Å²) < 4.78 is 1.72. The van der Waals surface area contributed by atoms with E-state index >= 15 is 0 Å². The van der Waals surface area contributed by atoms with Crippen LogP contribution in [-0.4, -0.2) is 32.6 Å². The van der Waals surface area contributed by atoms with Crippen molar-refractivity contribution >= 4 is 16.8 Å². The summed E-state index contributed by atoms with van der Waals surface area (Å²) in [6.07, 6.45) is 3.66. The molecule has 0 aliphatic carbocycles. The number of aryl methyl sites for hydroxylation is 1. The summed E-state index contributed by atoms with van der Waals surface area (Å²) in [5, 5.41) is 5.14. The Morgan fingerprint density at radius 3 is 2.81 bits per heavy atom. The molecule has 3 rings (SSSR count). The number of hydrogen-bond acceptors (Lipinski definition) is 3. The van der Waals surface area contributed by atoms with Crippen molar-refractivity contribution in [2.45, 2.75) is 6.54 Å². The van der Waals surface area contributed by atoms with Gasteiger partial charge in [0.25, 0.3) is 5.91 Å². The molecule has 0 aliphatic heterocycles. The first-order valence-electron chi connectivity index (χ1n) is 6.72. The van der Waals surface area contributed by atoms with E-state index in [1.807, 2.05) is 43.6 Å². The Balaban J connectivity index is 1.82. The second-order valence-corrected chi connectivity index (χ2v) is 5.07. The van der Waals surface area contributed by atoms with Crippen molar-refractivity contribution in [2.75, 3.05) is 7.05 Å². The fourth-order valence-electron chi connectivity index (χ4n) is 2.28. The summed E-state index contributed by atoms with van der Waals surface area (Å²) in [6, 6.07) is 11.5. The van der Waals surface area contributed by atoms with Crippen LogP contribution in [0.5, 0.6) is 0 Å². The number of para-hydroxylation sites is 1. The molecule has 0 N–H and O–H groups in total. The van der Waals surface area contributed by atoms with Crippen LogP contribution < -0.4 is 0 Å². The highest BCUT2D eigenvalue weighted by molar-refractivity contribution is 5.94. The third kappa shape index (κ3) is 2.76. The summed E-state index contributed by atoms with van der Waals surface area (Å²) in [6.45, 7) is 0.515. The van der Waals surface area contributed by atoms with E-state index in [-0.39, 0.29) is 5.91 Å². The van der Waals surface area contributed by atoms with Crippen molar-refractivity contribution in [1.29, 1.82) is 0 Å². The van der Waals surface area contributed by atoms with Gasteiger partial charge in [-0.05, 0) is 12.1 Å². The maximum Gasteiger partial charge on any atom is 0.272 e. The van der Waals surface area contributed by atoms with Gasteiger partial charge in [0.15, 0.2) is 0 Å². The van der Waals surface area contributed by atoms with Crippen molar-refractivity contribution in [3.05, 3.63) is 60.0 Å². The van der Waals surface area contributed by atoms with E-state index in [0.29, 0.717) is 12.2 Å². The predicted octanol–water partition coefficient (Wildman–Crippen LogP) is 2.24. The topological polar surface area (TPSA) is 51.0 Å². The fraction of sp³-hybridized carbons (Fsp3) is 0.188. The van der Waals surface area contributed by atoms with Gasteiger partial charge < -0.3 is 4.90 Å². The van der Waals surface area contributed by atoms with E-state index < -0.39 is 0 Å². The molecule has 2 aromatic heterocycles. The molecule has 2 heterocycles. The van der Waals surface area contributed by atoms with Gasteiger partial charge in [-0.3, -0.25) is 9.48 Å². The third-order valence-corrected chi connectivity index (χ3v) is 3.34. The van der Waals surface area contributed by atoms with Crippen molar-refractivity contribution in [2.24, 2.45) is 7.05 Å². The zero-order valence-corrected chi connectivity index (χ0v) is 12.0. The molecular formula is C16H16N4O. The molecule has 3 aromatic rings. The second-order valence-electron chi connectivity index (χ2n) is 5.07. The monoisotopic (exact) mass is 280 g/mol. The van der Waals surface area contributed by atoms with Gasteiger partial charge in [0.05, 0.1) is 11.7 Å². The summed E-state index contributed by atoms with van der Waals surface area (Å²) in [5.41, 5.74) is 2.28. The number of fused-ring (bicyclic) bond motifs is 1. The summed E-state index contributed by atoms with van der Waals surface area (Å²) in [4.78, 5) is 18.5. The molecule has 0 atom stereocenters. The second kappa shape index (κ2) is 5.36. The average Bonchev–Trinajstić information content (AvgIpc) is 2.91. The van der Waals surface area contributed by atoms with Crippen LogP contribution in [0.15, 0.2) is 48.8 Å². The Labute approximate surface area is 122 Å². The molecule has 5 heteroatoms. The number of aromatic nitrogens is 3. The van der Waals surface area contributed by atoms with Crippen molar-refractivity contribution in [3.63, 3.8) is 0 Å². The molecule has 0 radical (unpaired) electrons. The molecule has 0 bridgehead atoms. The van der Waals surface area contributed by atoms with E-state index in [2.05, 4.69) is 10.1 Å². The molecule has 5 nitrogen and oxygen atoms in total. The third-order valence-electron chi connectivity index (χ3n) is 3.34. The van der Waals surface area contributed by atoms with E-state index in [4.69, 9.17) is 0 Å². The van der Waals surface area contributed by atoms with E-state index in [9.17, 15) is 4.79 Å². The van der Waals surface area contributed by atoms with Gasteiger partial charge in [0.1, 0.15) is 5.69 Å². The predicted molar refractivity (Wildman–Crippen MR) is 80.7 cm³/mol. The lowest BCUT2D eigenvalue weighted by atomic mass is 10.2. The molecular weight excluding hydrogens is 264 g/mol. The normalized spacial score (nSPS) is 10.8. The number of amides is 1. The minimum atomic E-state index is -0.0930. The molecule has 0 saturated carbocycles. The highest BCUT2D eigenvalue weighted by Gasteiger charge is 2.14. The highest BCUT2D eigenvalue weighted by atomic mass is 16.2. The van der Waals surface area contributed by atoms with E-state index in [0.717, 1.165) is 16.5 Å². The largest absolute Gasteiger partial charge is 0.336 e. The number of pyridine rings is 1. The van der Waals surface area contributed by atoms with Crippen LogP contribution in [0.25, 0.3) is 10.9 Å². The number of rotatable bonds is 3. The molecule has 21 heavy (non-hydrogen) atoms. The first-order valence-corrected chi connectivity index (χ1v) is 6.72. The number of benzene rings is 1. The van der Waals surface area contributed by atoms with Crippen LogP contribution in [-0.2, 0) is 13.6 Å². The molecule has 0 saturated heterocycles.